The van der Waals surface area contributed by atoms with Crippen LogP contribution in [0, 0.1) is 0 Å². The Bertz CT molecular complexity index is 208. The van der Waals surface area contributed by atoms with Gasteiger partial charge in [-0.1, -0.05) is 0 Å². The van der Waals surface area contributed by atoms with E-state index >= 15 is 0 Å². The molecule has 0 bridgehead atoms. The first kappa shape index (κ1) is 22.9. The maximum absolute atomic E-state index is 8.48. The second-order valence-corrected chi connectivity index (χ2v) is 2.01. The average molecular weight is 248 g/mol. The van der Waals surface area contributed by atoms with Crippen molar-refractivity contribution >= 4 is 32.1 Å². The van der Waals surface area contributed by atoms with Crippen molar-refractivity contribution in [2.45, 2.75) is 0 Å². The first-order valence-corrected chi connectivity index (χ1v) is 4.93. The van der Waals surface area contributed by atoms with E-state index in [0.29, 0.717) is 0 Å². The molecule has 0 spiro atoms. The van der Waals surface area contributed by atoms with Gasteiger partial charge in [-0.15, -0.1) is 0 Å². The number of hydrogen-bond acceptors (Lipinski definition) is 9. The Kier molecular flexibility index (Phi) is 31.2. The molecule has 0 aliphatic heterocycles. The van der Waals surface area contributed by atoms with Gasteiger partial charge in [0, 0.05) is 0 Å². The van der Waals surface area contributed by atoms with Crippen LogP contribution in [0.15, 0.2) is 0 Å². The van der Waals surface area contributed by atoms with Gasteiger partial charge < -0.3 is 14.7 Å². The van der Waals surface area contributed by atoms with Crippen molar-refractivity contribution in [3.8, 4) is 0 Å². The smallest absolute Gasteiger partial charge is 0.744 e. The molecule has 0 aromatic rings. The molecule has 0 N–H and O–H groups in total. The second kappa shape index (κ2) is 17.7. The predicted octanol–water partition coefficient (Wildman–Crippen LogP) is -2.08. The molecule has 13 heteroatoms. The summed E-state index contributed by atoms with van der Waals surface area (Å²) in [5, 5.41) is 0. The predicted molar refractivity (Wildman–Crippen MR) is 30.6 cm³/mol. The first-order valence-electron chi connectivity index (χ1n) is 1.64. The summed E-state index contributed by atoms with van der Waals surface area (Å²) >= 11 is 0. The van der Waals surface area contributed by atoms with Crippen molar-refractivity contribution < 1.29 is 42.1 Å². The van der Waals surface area contributed by atoms with Crippen LogP contribution in [0.1, 0.15) is 0 Å². The summed E-state index contributed by atoms with van der Waals surface area (Å²) in [4.78, 5) is 25.4. The molecule has 0 saturated heterocycles. The zero-order chi connectivity index (χ0) is 10.7. The van der Waals surface area contributed by atoms with Gasteiger partial charge in [0.15, 0.2) is 0 Å². The molecule has 0 aromatic carbocycles. The fraction of sp³-hybridized carbons (Fsp3) is 0. The average Bonchev–Trinajstić information content (AvgIpc) is 1.54. The summed E-state index contributed by atoms with van der Waals surface area (Å²) in [7, 11) is -10.1. The topological polar surface area (TPSA) is 172 Å². The fourth-order valence-electron chi connectivity index (χ4n) is 0. The Morgan fingerprint density at radius 3 is 0.538 bits per heavy atom. The molecule has 0 aliphatic carbocycles. The van der Waals surface area contributed by atoms with Crippen LogP contribution < -0.4 is 14.7 Å². The van der Waals surface area contributed by atoms with Gasteiger partial charge in [0.2, 0.25) is 23.7 Å². The number of hydrogen-bond donors (Lipinski definition) is 0. The zero-order valence-electron chi connectivity index (χ0n) is 5.59. The van der Waals surface area contributed by atoms with Crippen molar-refractivity contribution in [2.24, 2.45) is 0 Å². The van der Waals surface area contributed by atoms with E-state index in [4.69, 9.17) is 42.1 Å². The normalized spacial score (nSPS) is 5.77. The molecule has 0 atom stereocenters. The minimum atomic E-state index is -3.37. The van der Waals surface area contributed by atoms with Gasteiger partial charge in [0.05, 0.1) is 0 Å². The molecule has 0 aromatic heterocycles. The van der Waals surface area contributed by atoms with E-state index in [1.807, 2.05) is 0 Å². The zero-order valence-corrected chi connectivity index (χ0v) is 8.28. The van der Waals surface area contributed by atoms with Crippen molar-refractivity contribution in [3.63, 3.8) is 0 Å². The molecule has 0 radical (unpaired) electrons. The van der Waals surface area contributed by atoms with Crippen molar-refractivity contribution in [1.82, 2.24) is 0 Å². The monoisotopic (exact) mass is 248 g/mol. The second-order valence-electron chi connectivity index (χ2n) is 0.671. The summed E-state index contributed by atoms with van der Waals surface area (Å²) < 4.78 is 50.9. The molecule has 0 heterocycles. The molecular formula is BO9P3. The van der Waals surface area contributed by atoms with E-state index in [0.717, 1.165) is 0 Å². The van der Waals surface area contributed by atoms with E-state index in [2.05, 4.69) is 0 Å². The molecule has 0 saturated carbocycles. The summed E-state index contributed by atoms with van der Waals surface area (Å²) in [6.07, 6.45) is 0. The van der Waals surface area contributed by atoms with Gasteiger partial charge in [-0.3, -0.25) is 27.4 Å². The maximum Gasteiger partial charge on any atom is 3.00 e. The van der Waals surface area contributed by atoms with E-state index in [9.17, 15) is 0 Å². The molecule has 0 unspecified atom stereocenters. The Morgan fingerprint density at radius 2 is 0.538 bits per heavy atom. The summed E-state index contributed by atoms with van der Waals surface area (Å²) in [6.45, 7) is 0. The Balaban J connectivity index is -0.0000000450. The van der Waals surface area contributed by atoms with E-state index in [-0.39, 0.29) is 8.41 Å². The first-order chi connectivity index (χ1) is 5.20. The van der Waals surface area contributed by atoms with Crippen molar-refractivity contribution in [3.05, 3.63) is 0 Å². The fourth-order valence-corrected chi connectivity index (χ4v) is 0. The third-order valence-electron chi connectivity index (χ3n) is 0. The van der Waals surface area contributed by atoms with Crippen LogP contribution >= 0.6 is 23.7 Å². The minimum absolute atomic E-state index is 0. The van der Waals surface area contributed by atoms with Gasteiger partial charge in [-0.2, -0.15) is 0 Å². The molecule has 13 heavy (non-hydrogen) atoms. The van der Waals surface area contributed by atoms with Gasteiger partial charge in [-0.05, 0) is 0 Å². The molecule has 0 amide bonds. The summed E-state index contributed by atoms with van der Waals surface area (Å²) in [5.74, 6) is 0. The van der Waals surface area contributed by atoms with Crippen LogP contribution in [0.2, 0.25) is 0 Å². The number of rotatable bonds is 0. The van der Waals surface area contributed by atoms with Crippen LogP contribution in [-0.4, -0.2) is 8.41 Å². The third kappa shape index (κ3) is 8590. The summed E-state index contributed by atoms with van der Waals surface area (Å²) in [6, 6.07) is 0. The van der Waals surface area contributed by atoms with Crippen LogP contribution in [0.25, 0.3) is 0 Å². The molecular weight excluding hydrogens is 248 g/mol. The quantitative estimate of drug-likeness (QED) is 0.344. The molecule has 0 aliphatic rings. The largest absolute Gasteiger partial charge is 3.00 e. The van der Waals surface area contributed by atoms with Crippen LogP contribution in [0.4, 0.5) is 0 Å². The standard InChI is InChI=1S/B.3HO3P/c;3*1-4(2)3/h;3*(H,1,2,3)/q+3;;;/p-3. The molecule has 0 fully saturated rings. The molecule has 9 nitrogen and oxygen atoms in total. The molecule has 0 rings (SSSR count). The van der Waals surface area contributed by atoms with E-state index in [1.54, 1.807) is 0 Å². The van der Waals surface area contributed by atoms with Gasteiger partial charge in [0.25, 0.3) is 0 Å². The van der Waals surface area contributed by atoms with Crippen molar-refractivity contribution in [1.29, 1.82) is 0 Å². The molecule has 72 valence electrons. The minimum Gasteiger partial charge on any atom is -0.744 e. The van der Waals surface area contributed by atoms with E-state index in [1.165, 1.54) is 0 Å². The maximum atomic E-state index is 8.48. The summed E-state index contributed by atoms with van der Waals surface area (Å²) in [5.41, 5.74) is 0. The van der Waals surface area contributed by atoms with Crippen molar-refractivity contribution in [2.75, 3.05) is 0 Å². The SMILES string of the molecule is O=P(=O)[O-].O=P(=O)[O-].O=P(=O)[O-].[B+3]. The Hall–Kier alpha value is -0.355. The van der Waals surface area contributed by atoms with Gasteiger partial charge >= 0.3 is 8.41 Å². The Labute approximate surface area is 75.1 Å². The van der Waals surface area contributed by atoms with Crippen LogP contribution in [0.5, 0.6) is 0 Å². The Morgan fingerprint density at radius 1 is 0.538 bits per heavy atom. The van der Waals surface area contributed by atoms with Crippen LogP contribution in [0.3, 0.4) is 0 Å². The van der Waals surface area contributed by atoms with Gasteiger partial charge in [-0.25, -0.2) is 0 Å². The van der Waals surface area contributed by atoms with Crippen LogP contribution in [-0.2, 0) is 27.4 Å². The van der Waals surface area contributed by atoms with Gasteiger partial charge in [0.1, 0.15) is 0 Å². The third-order valence-corrected chi connectivity index (χ3v) is 0. The van der Waals surface area contributed by atoms with E-state index < -0.39 is 23.7 Å².